The van der Waals surface area contributed by atoms with E-state index in [-0.39, 0.29) is 17.7 Å². The topological polar surface area (TPSA) is 125 Å². The fraction of sp³-hybridized carbons (Fsp3) is 0.409. The van der Waals surface area contributed by atoms with E-state index < -0.39 is 10.8 Å². The molecule has 8 nitrogen and oxygen atoms in total. The molecule has 152 valence electrons. The van der Waals surface area contributed by atoms with E-state index in [1.54, 1.807) is 35.5 Å². The predicted octanol–water partition coefficient (Wildman–Crippen LogP) is 2.39. The number of amides is 2. The summed E-state index contributed by atoms with van der Waals surface area (Å²) in [6, 6.07) is 9.53. The number of pyridine rings is 2. The van der Waals surface area contributed by atoms with Gasteiger partial charge in [0.2, 0.25) is 11.8 Å². The van der Waals surface area contributed by atoms with Crippen molar-refractivity contribution >= 4 is 29.1 Å². The van der Waals surface area contributed by atoms with E-state index in [2.05, 4.69) is 21.4 Å². The molecule has 3 fully saturated rings. The number of hydrogen-bond donors (Lipinski definition) is 2. The molecule has 0 radical (unpaired) electrons. The van der Waals surface area contributed by atoms with Gasteiger partial charge in [-0.2, -0.15) is 5.26 Å². The molecular weight excluding hydrogens is 380 g/mol. The van der Waals surface area contributed by atoms with E-state index in [1.165, 1.54) is 0 Å². The first kappa shape index (κ1) is 18.6. The number of nitrogens with one attached hydrogen (secondary N) is 1. The summed E-state index contributed by atoms with van der Waals surface area (Å²) >= 11 is 0. The first-order chi connectivity index (χ1) is 14.5. The zero-order valence-corrected chi connectivity index (χ0v) is 16.5. The maximum atomic E-state index is 13.0. The first-order valence-electron chi connectivity index (χ1n) is 10.2. The maximum Gasteiger partial charge on any atom is 0.247 e. The zero-order valence-electron chi connectivity index (χ0n) is 16.5. The third-order valence-corrected chi connectivity index (χ3v) is 6.68. The second-order valence-electron chi connectivity index (χ2n) is 8.47. The van der Waals surface area contributed by atoms with Gasteiger partial charge in [0.1, 0.15) is 17.1 Å². The second-order valence-corrected chi connectivity index (χ2v) is 8.47. The molecule has 2 saturated carbocycles. The Kier molecular flexibility index (Phi) is 4.03. The number of aromatic nitrogens is 2. The summed E-state index contributed by atoms with van der Waals surface area (Å²) in [5, 5.41) is 12.8. The lowest BCUT2D eigenvalue weighted by molar-refractivity contribution is -0.124. The molecule has 2 aromatic heterocycles. The Morgan fingerprint density at radius 2 is 2.00 bits per heavy atom. The number of anilines is 3. The van der Waals surface area contributed by atoms with Crippen LogP contribution in [0.2, 0.25) is 0 Å². The summed E-state index contributed by atoms with van der Waals surface area (Å²) < 4.78 is 0. The molecule has 1 aliphatic heterocycles. The highest BCUT2D eigenvalue weighted by Crippen LogP contribution is 2.52. The molecule has 5 rings (SSSR count). The Morgan fingerprint density at radius 3 is 2.60 bits per heavy atom. The van der Waals surface area contributed by atoms with Crippen molar-refractivity contribution < 1.29 is 9.59 Å². The van der Waals surface area contributed by atoms with E-state index >= 15 is 0 Å². The zero-order chi connectivity index (χ0) is 20.9. The van der Waals surface area contributed by atoms with Crippen LogP contribution in [0.5, 0.6) is 0 Å². The molecule has 0 spiro atoms. The number of nitrogens with zero attached hydrogens (tertiary/aromatic N) is 4. The minimum atomic E-state index is -0.868. The monoisotopic (exact) mass is 402 g/mol. The lowest BCUT2D eigenvalue weighted by Crippen LogP contribution is -2.35. The summed E-state index contributed by atoms with van der Waals surface area (Å²) in [6.07, 6.45) is 7.30. The highest BCUT2D eigenvalue weighted by atomic mass is 16.2. The van der Waals surface area contributed by atoms with Gasteiger partial charge in [0, 0.05) is 30.7 Å². The van der Waals surface area contributed by atoms with Gasteiger partial charge in [0.05, 0.1) is 11.5 Å². The van der Waals surface area contributed by atoms with Crippen LogP contribution in [0.4, 0.5) is 17.3 Å². The van der Waals surface area contributed by atoms with Crippen LogP contribution < -0.4 is 16.0 Å². The van der Waals surface area contributed by atoms with Crippen molar-refractivity contribution in [2.75, 3.05) is 16.8 Å². The van der Waals surface area contributed by atoms with Crippen molar-refractivity contribution in [2.24, 2.45) is 17.1 Å². The van der Waals surface area contributed by atoms with Crippen molar-refractivity contribution in [3.63, 3.8) is 0 Å². The Labute approximate surface area is 174 Å². The third kappa shape index (κ3) is 2.81. The average Bonchev–Trinajstić information content (AvgIpc) is 3.67. The molecule has 0 unspecified atom stereocenters. The average molecular weight is 402 g/mol. The highest BCUT2D eigenvalue weighted by Gasteiger charge is 2.56. The maximum absolute atomic E-state index is 13.0. The SMILES string of the molecule is N#C[C@@]1(C2CC2)CCN(c2ccnc(Nc3ccc(C4(C(N)=O)CC4)cn3)c2)C1=O. The molecule has 2 aliphatic carbocycles. The van der Waals surface area contributed by atoms with Gasteiger partial charge in [0.25, 0.3) is 0 Å². The van der Waals surface area contributed by atoms with Crippen LogP contribution in [-0.2, 0) is 15.0 Å². The van der Waals surface area contributed by atoms with Gasteiger partial charge < -0.3 is 16.0 Å². The molecule has 2 aromatic rings. The molecule has 3 aliphatic rings. The van der Waals surface area contributed by atoms with Crippen LogP contribution in [0.1, 0.15) is 37.7 Å². The molecule has 0 bridgehead atoms. The smallest absolute Gasteiger partial charge is 0.247 e. The Bertz CT molecular complexity index is 1070. The van der Waals surface area contributed by atoms with Gasteiger partial charge in [-0.1, -0.05) is 6.07 Å². The van der Waals surface area contributed by atoms with Gasteiger partial charge in [0.15, 0.2) is 0 Å². The number of rotatable bonds is 6. The molecule has 3 N–H and O–H groups in total. The summed E-state index contributed by atoms with van der Waals surface area (Å²) in [5.74, 6) is 0.915. The number of hydrogen-bond acceptors (Lipinski definition) is 6. The standard InChI is InChI=1S/C22H22N6O2/c23-13-22(14-1-2-14)8-10-28(20(22)30)16-5-9-25-18(11-16)27-17-4-3-15(12-26-17)21(6-7-21)19(24)29/h3-5,9,11-12,14H,1-2,6-8,10H2,(H2,24,29)(H,25,26,27)/t22-/m1/s1. The Morgan fingerprint density at radius 1 is 1.20 bits per heavy atom. The lowest BCUT2D eigenvalue weighted by Gasteiger charge is -2.21. The molecule has 2 amide bonds. The second kappa shape index (κ2) is 6.52. The van der Waals surface area contributed by atoms with Crippen molar-refractivity contribution in [3.05, 3.63) is 42.2 Å². The van der Waals surface area contributed by atoms with E-state index in [0.717, 1.165) is 36.9 Å². The van der Waals surface area contributed by atoms with Crippen molar-refractivity contribution in [1.29, 1.82) is 5.26 Å². The molecule has 1 atom stereocenters. The number of nitrogens with two attached hydrogens (primary N) is 1. The molecule has 0 aromatic carbocycles. The van der Waals surface area contributed by atoms with E-state index in [9.17, 15) is 14.9 Å². The largest absolute Gasteiger partial charge is 0.369 e. The molecular formula is C22H22N6O2. The van der Waals surface area contributed by atoms with Gasteiger partial charge in [-0.3, -0.25) is 9.59 Å². The number of carbonyl (C=O) groups is 2. The van der Waals surface area contributed by atoms with E-state index in [4.69, 9.17) is 5.73 Å². The van der Waals surface area contributed by atoms with Crippen molar-refractivity contribution in [2.45, 2.75) is 37.5 Å². The lowest BCUT2D eigenvalue weighted by atomic mass is 9.83. The number of primary amides is 1. The van der Waals surface area contributed by atoms with Crippen molar-refractivity contribution in [1.82, 2.24) is 9.97 Å². The van der Waals surface area contributed by atoms with Gasteiger partial charge >= 0.3 is 0 Å². The Balaban J connectivity index is 1.33. The van der Waals surface area contributed by atoms with Crippen LogP contribution >= 0.6 is 0 Å². The summed E-state index contributed by atoms with van der Waals surface area (Å²) in [7, 11) is 0. The third-order valence-electron chi connectivity index (χ3n) is 6.68. The number of carbonyl (C=O) groups excluding carboxylic acids is 2. The van der Waals surface area contributed by atoms with Crippen LogP contribution in [-0.4, -0.2) is 28.3 Å². The van der Waals surface area contributed by atoms with Gasteiger partial charge in [-0.25, -0.2) is 9.97 Å². The van der Waals surface area contributed by atoms with Crippen LogP contribution in [0.15, 0.2) is 36.7 Å². The quantitative estimate of drug-likeness (QED) is 0.764. The number of nitriles is 1. The normalized spacial score (nSPS) is 24.4. The fourth-order valence-electron chi connectivity index (χ4n) is 4.47. The van der Waals surface area contributed by atoms with E-state index in [0.29, 0.717) is 24.6 Å². The molecule has 1 saturated heterocycles. The van der Waals surface area contributed by atoms with Gasteiger partial charge in [-0.15, -0.1) is 0 Å². The molecule has 8 heteroatoms. The summed E-state index contributed by atoms with van der Waals surface area (Å²) in [4.78, 5) is 35.1. The van der Waals surface area contributed by atoms with Crippen LogP contribution in [0.3, 0.4) is 0 Å². The van der Waals surface area contributed by atoms with Crippen LogP contribution in [0.25, 0.3) is 0 Å². The summed E-state index contributed by atoms with van der Waals surface area (Å²) in [6.45, 7) is 0.536. The highest BCUT2D eigenvalue weighted by molar-refractivity contribution is 6.02. The minimum Gasteiger partial charge on any atom is -0.369 e. The Hall–Kier alpha value is -3.47. The van der Waals surface area contributed by atoms with Crippen LogP contribution in [0, 0.1) is 22.7 Å². The van der Waals surface area contributed by atoms with E-state index in [1.807, 2.05) is 6.07 Å². The first-order valence-corrected chi connectivity index (χ1v) is 10.2. The minimum absolute atomic E-state index is 0.103. The fourth-order valence-corrected chi connectivity index (χ4v) is 4.47. The summed E-state index contributed by atoms with van der Waals surface area (Å²) in [5.41, 5.74) is 5.64. The van der Waals surface area contributed by atoms with Crippen molar-refractivity contribution in [3.8, 4) is 6.07 Å². The molecule has 3 heterocycles. The predicted molar refractivity (Wildman–Crippen MR) is 110 cm³/mol. The van der Waals surface area contributed by atoms with Gasteiger partial charge in [-0.05, 0) is 55.7 Å². The molecule has 30 heavy (non-hydrogen) atoms.